The maximum Gasteiger partial charge on any atom is 0.337 e. The summed E-state index contributed by atoms with van der Waals surface area (Å²) < 4.78 is 63.4. The smallest absolute Gasteiger partial charge is 0.337 e. The molecule has 8 aromatic rings. The fraction of sp³-hybridized carbons (Fsp3) is 0.469. The van der Waals surface area contributed by atoms with Crippen LogP contribution in [0.3, 0.4) is 0 Å². The van der Waals surface area contributed by atoms with E-state index in [-0.39, 0.29) is 89.2 Å². The minimum atomic E-state index is -0.986. The summed E-state index contributed by atoms with van der Waals surface area (Å²) in [4.78, 5) is 100. The minimum Gasteiger partial charge on any atom is -0.508 e. The number of methoxy groups -OCH3 is 3. The third-order valence-corrected chi connectivity index (χ3v) is 25.0. The number of ether oxygens (including phenoxy) is 12. The van der Waals surface area contributed by atoms with Crippen molar-refractivity contribution in [2.45, 2.75) is 275 Å². The molecular weight excluding hydrogens is 2040 g/mol. The van der Waals surface area contributed by atoms with Crippen LogP contribution in [0.5, 0.6) is 46.0 Å². The Morgan fingerprint density at radius 3 is 0.980 bits per heavy atom. The Morgan fingerprint density at radius 2 is 0.698 bits per heavy atom. The first kappa shape index (κ1) is 127. The van der Waals surface area contributed by atoms with E-state index in [0.717, 1.165) is 178 Å². The number of carbonyl (C=O) groups excluding carboxylic acids is 6. The number of nitrogens with zero attached hydrogens (tertiary/aromatic N) is 3. The number of hydrogen-bond donors (Lipinski definition) is 8. The van der Waals surface area contributed by atoms with Crippen LogP contribution in [-0.2, 0) is 47.6 Å². The van der Waals surface area contributed by atoms with Crippen molar-refractivity contribution in [1.82, 2.24) is 10.6 Å². The average molecular weight is 2190 g/mol. The van der Waals surface area contributed by atoms with Crippen molar-refractivity contribution >= 4 is 104 Å². The van der Waals surface area contributed by atoms with Gasteiger partial charge in [0.15, 0.2) is 0 Å². The first-order valence-electron chi connectivity index (χ1n) is 50.4. The van der Waals surface area contributed by atoms with Crippen molar-refractivity contribution in [3.05, 3.63) is 236 Å². The number of amides is 2. The lowest BCUT2D eigenvalue weighted by Crippen LogP contribution is -2.39. The molecule has 0 aromatic heterocycles. The third-order valence-electron chi connectivity index (χ3n) is 23.5. The molecule has 5 fully saturated rings. The highest BCUT2D eigenvalue weighted by Gasteiger charge is 2.28. The summed E-state index contributed by atoms with van der Waals surface area (Å²) in [5.74, 6) is 0.557. The van der Waals surface area contributed by atoms with Crippen LogP contribution in [0.15, 0.2) is 176 Å². The molecule has 3 aliphatic carbocycles. The van der Waals surface area contributed by atoms with E-state index in [1.54, 1.807) is 115 Å². The SMILES string of the molecule is CC1CCCO1.CC1CCCO1.CCOC(=O)CCCCCBr.COC(=O)CCCCCOc1ccc(C(=O)NC2CCC(Oc3ccc(C#N)c(Cl)c3)CC2)cc1.COC(=O)CCCCCOc1ccc(C(=O)O)cc1.COC(=O)c1ccc(O)cc1.N#Cc1ccc(OC2CCC(N)CC2)cc1Cl.N#Cc1ccc(OC2CCC(NC(=O)c3ccc(OCCCCCC(=O)O)cc3)CC2)cc1Cl.O=C(O)c1ccc(O)cc1. The number of nitriles is 3. The molecule has 8 aromatic carbocycles. The van der Waals surface area contributed by atoms with E-state index in [0.29, 0.717) is 142 Å². The van der Waals surface area contributed by atoms with E-state index in [1.165, 1.54) is 108 Å². The Morgan fingerprint density at radius 1 is 0.389 bits per heavy atom. The number of benzene rings is 8. The van der Waals surface area contributed by atoms with Gasteiger partial charge in [0.1, 0.15) is 64.2 Å². The molecule has 0 spiro atoms. The topological polar surface area (TPSA) is 487 Å². The largest absolute Gasteiger partial charge is 0.508 e. The average Bonchev–Trinajstić information content (AvgIpc) is 1.15. The maximum absolute atomic E-state index is 12.6. The number of aromatic hydroxyl groups is 2. The number of unbranched alkanes of at least 4 members (excludes halogenated alkanes) is 8. The second-order valence-electron chi connectivity index (χ2n) is 35.3. The van der Waals surface area contributed by atoms with Crippen molar-refractivity contribution in [2.75, 3.05) is 66.3 Å². The number of rotatable bonds is 40. The van der Waals surface area contributed by atoms with Gasteiger partial charge in [0, 0.05) is 91.7 Å². The van der Waals surface area contributed by atoms with E-state index < -0.39 is 23.9 Å². The number of hydrogen-bond acceptors (Lipinski definition) is 27. The quantitative estimate of drug-likeness (QED) is 0.00765. The molecule has 5 aliphatic rings. The first-order chi connectivity index (χ1) is 71.8. The molecule has 0 radical (unpaired) electrons. The standard InChI is InChI=1S/C27H31ClN2O5.C26H29ClN2O5.C14H18O5.C13H15ClN2O.C8H15BrO2.C8H8O3.C7H6O3.2C5H10O/c1-33-26(31)5-3-2-4-16-34-22-11-6-19(7-12-22)27(32)30-21-9-14-23(15-10-21)35-24-13-8-20(18-29)25(28)17-24;27-24-16-23(12-7-19(24)17-28)34-22-13-8-20(9-14-22)29-26(32)18-5-10-21(11-6-18)33-15-3-1-2-4-25(30)31;1-18-13(15)5-3-2-4-10-19-12-8-6-11(7-9-12)14(16)17;14-13-7-12(4-1-9(13)8-15)17-11-5-2-10(16)3-6-11;1-2-11-8(10)6-4-3-5-7-9;1-11-8(10)6-2-4-7(9)5-3-6;8-6-3-1-5(2-4-6)7(9)10;2*1-5-3-2-4-6-5/h6-8,11-13,17,21,23H,2-5,9-10,14-16H2,1H3,(H,30,32);5-7,10-12,16,20,22H,1-4,8-9,13-15H2,(H,29,32)(H,30,31);6-9H,2-5,10H2,1H3,(H,16,17);1,4,7,10-11H,2-3,5-6,16H2;2-7H2,1H3;2-5,9H,1H3;1-4,8H,(H,9,10);2*5H,2-4H2,1H3. The van der Waals surface area contributed by atoms with Crippen LogP contribution >= 0.6 is 50.7 Å². The second-order valence-corrected chi connectivity index (χ2v) is 37.3. The van der Waals surface area contributed by atoms with Gasteiger partial charge < -0.3 is 98.7 Å². The molecule has 149 heavy (non-hydrogen) atoms. The number of nitrogens with two attached hydrogens (primary N) is 1. The first-order valence-corrected chi connectivity index (χ1v) is 52.6. The molecule has 2 aliphatic heterocycles. The number of phenolic OH excluding ortho intramolecular Hbond substituents is 2. The number of aliphatic carboxylic acids is 1. The van der Waals surface area contributed by atoms with Crippen LogP contribution in [0.2, 0.25) is 15.1 Å². The Labute approximate surface area is 897 Å². The predicted molar refractivity (Wildman–Crippen MR) is 570 cm³/mol. The molecule has 808 valence electrons. The van der Waals surface area contributed by atoms with Crippen LogP contribution in [0.25, 0.3) is 0 Å². The van der Waals surface area contributed by atoms with Gasteiger partial charge in [-0.1, -0.05) is 57.2 Å². The fourth-order valence-electron chi connectivity index (χ4n) is 15.0. The number of aromatic carboxylic acids is 2. The Balaban J connectivity index is 0.000000313. The monoisotopic (exact) mass is 2180 g/mol. The molecule has 2 saturated heterocycles. The summed E-state index contributed by atoms with van der Waals surface area (Å²) in [6.45, 7) is 10.2. The summed E-state index contributed by atoms with van der Waals surface area (Å²) in [7, 11) is 4.09. The highest BCUT2D eigenvalue weighted by molar-refractivity contribution is 9.09. The van der Waals surface area contributed by atoms with E-state index in [1.807, 2.05) is 25.1 Å². The van der Waals surface area contributed by atoms with Crippen LogP contribution in [0.4, 0.5) is 0 Å². The van der Waals surface area contributed by atoms with Crippen LogP contribution in [-0.4, -0.2) is 194 Å². The highest BCUT2D eigenvalue weighted by Crippen LogP contribution is 2.33. The van der Waals surface area contributed by atoms with Crippen molar-refractivity contribution in [3.63, 3.8) is 0 Å². The van der Waals surface area contributed by atoms with Gasteiger partial charge in [0.25, 0.3) is 11.8 Å². The summed E-state index contributed by atoms with van der Waals surface area (Å²) in [6.07, 6.45) is 29.2. The summed E-state index contributed by atoms with van der Waals surface area (Å²) in [5, 5.41) is 78.5. The van der Waals surface area contributed by atoms with Crippen molar-refractivity contribution < 1.29 is 126 Å². The highest BCUT2D eigenvalue weighted by atomic mass is 79.9. The van der Waals surface area contributed by atoms with Gasteiger partial charge in [-0.25, -0.2) is 14.4 Å². The van der Waals surface area contributed by atoms with E-state index >= 15 is 0 Å². The van der Waals surface area contributed by atoms with E-state index in [2.05, 4.69) is 54.6 Å². The molecule has 2 atom stereocenters. The zero-order valence-corrected chi connectivity index (χ0v) is 89.5. The van der Waals surface area contributed by atoms with E-state index in [9.17, 15) is 43.2 Å². The summed E-state index contributed by atoms with van der Waals surface area (Å²) >= 11 is 21.4. The number of halogens is 4. The van der Waals surface area contributed by atoms with Crippen molar-refractivity contribution in [1.29, 1.82) is 15.8 Å². The molecule has 13 rings (SSSR count). The molecule has 0 bridgehead atoms. The number of carboxylic acid groups (broad SMARTS) is 3. The number of carboxylic acids is 3. The lowest BCUT2D eigenvalue weighted by molar-refractivity contribution is -0.143. The Hall–Kier alpha value is -12.9. The van der Waals surface area contributed by atoms with Gasteiger partial charge in [-0.2, -0.15) is 15.8 Å². The number of carbonyl (C=O) groups is 9. The number of esters is 4. The van der Waals surface area contributed by atoms with Gasteiger partial charge in [-0.3, -0.25) is 28.8 Å². The van der Waals surface area contributed by atoms with E-state index in [4.69, 9.17) is 124 Å². The lowest BCUT2D eigenvalue weighted by atomic mass is 9.92. The van der Waals surface area contributed by atoms with Gasteiger partial charge in [0.2, 0.25) is 0 Å². The molecule has 2 heterocycles. The third kappa shape index (κ3) is 55.3. The Bertz CT molecular complexity index is 5390. The lowest BCUT2D eigenvalue weighted by Gasteiger charge is -2.29. The van der Waals surface area contributed by atoms with Gasteiger partial charge in [-0.05, 0) is 352 Å². The Kier molecular flexibility index (Phi) is 63.6. The van der Waals surface area contributed by atoms with Crippen LogP contribution in [0, 0.1) is 34.0 Å². The number of alkyl halides is 1. The van der Waals surface area contributed by atoms with Crippen LogP contribution in [0.1, 0.15) is 295 Å². The minimum absolute atomic E-state index is 0.0534. The van der Waals surface area contributed by atoms with Gasteiger partial charge in [0.05, 0.1) is 127 Å². The van der Waals surface area contributed by atoms with Crippen molar-refractivity contribution in [2.24, 2.45) is 5.73 Å². The maximum atomic E-state index is 12.6. The zero-order chi connectivity index (χ0) is 109. The fourth-order valence-corrected chi connectivity index (χ4v) is 16.1. The van der Waals surface area contributed by atoms with Crippen molar-refractivity contribution in [3.8, 4) is 64.2 Å². The molecule has 9 N–H and O–H groups in total. The molecule has 2 unspecified atom stereocenters. The molecule has 3 saturated carbocycles. The molecule has 32 nitrogen and oxygen atoms in total. The number of phenols is 2. The zero-order valence-electron chi connectivity index (χ0n) is 85.7. The molecular formula is C113H142BrCl3N6O26. The number of nitrogens with one attached hydrogen (secondary N) is 2. The molecule has 36 heteroatoms. The summed E-state index contributed by atoms with van der Waals surface area (Å²) in [6, 6.07) is 53.7. The second kappa shape index (κ2) is 74.9. The van der Waals surface area contributed by atoms with Gasteiger partial charge >= 0.3 is 41.8 Å². The normalized spacial score (nSPS) is 16.8. The molecule has 2 amide bonds. The van der Waals surface area contributed by atoms with Crippen LogP contribution < -0.4 is 44.8 Å². The summed E-state index contributed by atoms with van der Waals surface area (Å²) in [5.41, 5.74) is 9.20. The van der Waals surface area contributed by atoms with Gasteiger partial charge in [-0.15, -0.1) is 0 Å². The predicted octanol–water partition coefficient (Wildman–Crippen LogP) is 23.3.